The molecule has 1 saturated carbocycles. The first-order chi connectivity index (χ1) is 9.47. The van der Waals surface area contributed by atoms with Gasteiger partial charge in [-0.3, -0.25) is 4.90 Å². The van der Waals surface area contributed by atoms with Crippen LogP contribution >= 0.6 is 0 Å². The number of nitrogen functional groups attached to an aromatic ring is 1. The Bertz CT molecular complexity index is 427. The molecule has 2 heteroatoms. The van der Waals surface area contributed by atoms with Gasteiger partial charge in [0.1, 0.15) is 0 Å². The fraction of sp³-hybridized carbons (Fsp3) is 0.667. The summed E-state index contributed by atoms with van der Waals surface area (Å²) < 4.78 is 0. The molecular formula is C18H30N2. The number of hydrogen-bond donors (Lipinski definition) is 1. The molecule has 0 heterocycles. The van der Waals surface area contributed by atoms with Gasteiger partial charge in [0.15, 0.2) is 0 Å². The van der Waals surface area contributed by atoms with Gasteiger partial charge in [-0.25, -0.2) is 0 Å². The molecule has 2 rings (SSSR count). The van der Waals surface area contributed by atoms with Crippen LogP contribution in [0.25, 0.3) is 0 Å². The third-order valence-electron chi connectivity index (χ3n) is 5.02. The molecule has 0 saturated heterocycles. The van der Waals surface area contributed by atoms with E-state index < -0.39 is 0 Å². The minimum absolute atomic E-state index is 0.585. The van der Waals surface area contributed by atoms with Gasteiger partial charge in [0.05, 0.1) is 0 Å². The van der Waals surface area contributed by atoms with E-state index >= 15 is 0 Å². The minimum atomic E-state index is 0.585. The zero-order valence-electron chi connectivity index (χ0n) is 13.5. The molecular weight excluding hydrogens is 244 g/mol. The van der Waals surface area contributed by atoms with Gasteiger partial charge in [0.2, 0.25) is 0 Å². The summed E-state index contributed by atoms with van der Waals surface area (Å²) >= 11 is 0. The molecule has 20 heavy (non-hydrogen) atoms. The topological polar surface area (TPSA) is 29.3 Å². The third-order valence-corrected chi connectivity index (χ3v) is 5.02. The highest BCUT2D eigenvalue weighted by Crippen LogP contribution is 2.33. The number of hydrogen-bond acceptors (Lipinski definition) is 2. The second-order valence-corrected chi connectivity index (χ2v) is 6.93. The lowest BCUT2D eigenvalue weighted by Gasteiger charge is -2.41. The molecule has 1 aliphatic rings. The summed E-state index contributed by atoms with van der Waals surface area (Å²) in [5.74, 6) is 1.73. The molecule has 0 aliphatic heterocycles. The molecule has 3 unspecified atom stereocenters. The van der Waals surface area contributed by atoms with Gasteiger partial charge in [-0.05, 0) is 62.6 Å². The number of anilines is 1. The van der Waals surface area contributed by atoms with Gasteiger partial charge in [0, 0.05) is 24.3 Å². The fourth-order valence-electron chi connectivity index (χ4n) is 3.46. The summed E-state index contributed by atoms with van der Waals surface area (Å²) in [6.45, 7) is 10.5. The lowest BCUT2D eigenvalue weighted by molar-refractivity contribution is 0.0766. The summed E-state index contributed by atoms with van der Waals surface area (Å²) in [6, 6.07) is 9.65. The van der Waals surface area contributed by atoms with E-state index in [1.54, 1.807) is 0 Å². The van der Waals surface area contributed by atoms with Crippen molar-refractivity contribution in [2.24, 2.45) is 11.8 Å². The van der Waals surface area contributed by atoms with Crippen molar-refractivity contribution in [3.05, 3.63) is 29.8 Å². The molecule has 3 atom stereocenters. The zero-order chi connectivity index (χ0) is 14.7. The monoisotopic (exact) mass is 274 g/mol. The Morgan fingerprint density at radius 1 is 1.20 bits per heavy atom. The number of rotatable bonds is 4. The Morgan fingerprint density at radius 3 is 2.55 bits per heavy atom. The zero-order valence-corrected chi connectivity index (χ0v) is 13.5. The van der Waals surface area contributed by atoms with E-state index in [0.717, 1.165) is 30.1 Å². The van der Waals surface area contributed by atoms with Crippen LogP contribution < -0.4 is 5.73 Å². The van der Waals surface area contributed by atoms with Crippen LogP contribution in [-0.4, -0.2) is 17.0 Å². The van der Waals surface area contributed by atoms with Gasteiger partial charge in [-0.15, -0.1) is 0 Å². The normalized spacial score (nSPS) is 27.2. The average Bonchev–Trinajstić information content (AvgIpc) is 2.39. The summed E-state index contributed by atoms with van der Waals surface area (Å²) in [5.41, 5.74) is 8.12. The Kier molecular flexibility index (Phi) is 5.09. The first-order valence-electron chi connectivity index (χ1n) is 8.07. The lowest BCUT2D eigenvalue weighted by atomic mass is 9.78. The van der Waals surface area contributed by atoms with E-state index in [2.05, 4.69) is 50.8 Å². The molecule has 2 N–H and O–H groups in total. The van der Waals surface area contributed by atoms with Crippen LogP contribution in [0.1, 0.15) is 52.5 Å². The number of nitrogens with zero attached hydrogens (tertiary/aromatic N) is 1. The van der Waals surface area contributed by atoms with Crippen LogP contribution in [0.5, 0.6) is 0 Å². The molecule has 112 valence electrons. The molecule has 0 amide bonds. The highest BCUT2D eigenvalue weighted by atomic mass is 15.2. The van der Waals surface area contributed by atoms with Crippen molar-refractivity contribution in [2.45, 2.75) is 65.6 Å². The van der Waals surface area contributed by atoms with Crippen LogP contribution in [0, 0.1) is 11.8 Å². The highest BCUT2D eigenvalue weighted by molar-refractivity contribution is 5.40. The van der Waals surface area contributed by atoms with Crippen molar-refractivity contribution in [3.8, 4) is 0 Å². The van der Waals surface area contributed by atoms with Crippen LogP contribution in [0.4, 0.5) is 5.69 Å². The molecule has 1 aliphatic carbocycles. The summed E-state index contributed by atoms with van der Waals surface area (Å²) in [5, 5.41) is 0. The predicted molar refractivity (Wildman–Crippen MR) is 87.5 cm³/mol. The number of benzene rings is 1. The number of nitrogens with two attached hydrogens (primary N) is 1. The van der Waals surface area contributed by atoms with Crippen molar-refractivity contribution in [1.82, 2.24) is 4.90 Å². The Hall–Kier alpha value is -1.02. The molecule has 0 aromatic heterocycles. The molecule has 1 aromatic carbocycles. The highest BCUT2D eigenvalue weighted by Gasteiger charge is 2.29. The van der Waals surface area contributed by atoms with Crippen molar-refractivity contribution < 1.29 is 0 Å². The first-order valence-corrected chi connectivity index (χ1v) is 8.07. The maximum absolute atomic E-state index is 5.91. The average molecular weight is 274 g/mol. The van der Waals surface area contributed by atoms with Gasteiger partial charge >= 0.3 is 0 Å². The maximum atomic E-state index is 5.91. The SMILES string of the molecule is CC1CCC(N(Cc2cccc(N)c2)C(C)C)CC1C. The second kappa shape index (κ2) is 6.62. The first kappa shape index (κ1) is 15.4. The van der Waals surface area contributed by atoms with Crippen molar-refractivity contribution in [3.63, 3.8) is 0 Å². The van der Waals surface area contributed by atoms with Crippen LogP contribution in [-0.2, 0) is 6.54 Å². The Morgan fingerprint density at radius 2 is 1.95 bits per heavy atom. The van der Waals surface area contributed by atoms with Gasteiger partial charge in [-0.1, -0.05) is 26.0 Å². The smallest absolute Gasteiger partial charge is 0.0317 e. The molecule has 0 bridgehead atoms. The van der Waals surface area contributed by atoms with Crippen molar-refractivity contribution in [2.75, 3.05) is 5.73 Å². The lowest BCUT2D eigenvalue weighted by Crippen LogP contribution is -2.43. The predicted octanol–water partition coefficient (Wildman–Crippen LogP) is 4.30. The van der Waals surface area contributed by atoms with Gasteiger partial charge in [0.25, 0.3) is 0 Å². The summed E-state index contributed by atoms with van der Waals surface area (Å²) in [7, 11) is 0. The molecule has 1 aromatic rings. The molecule has 1 fully saturated rings. The minimum Gasteiger partial charge on any atom is -0.399 e. The van der Waals surface area contributed by atoms with Crippen molar-refractivity contribution in [1.29, 1.82) is 0 Å². The fourth-order valence-corrected chi connectivity index (χ4v) is 3.46. The van der Waals surface area contributed by atoms with E-state index in [9.17, 15) is 0 Å². The Labute approximate surface area is 124 Å². The van der Waals surface area contributed by atoms with Crippen molar-refractivity contribution >= 4 is 5.69 Å². The standard InChI is InChI=1S/C18H30N2/c1-13(2)20(12-16-6-5-7-17(19)11-16)18-9-8-14(3)15(4)10-18/h5-7,11,13-15,18H,8-10,12,19H2,1-4H3. The van der Waals surface area contributed by atoms with E-state index in [1.165, 1.54) is 24.8 Å². The quantitative estimate of drug-likeness (QED) is 0.829. The van der Waals surface area contributed by atoms with Crippen LogP contribution in [0.2, 0.25) is 0 Å². The van der Waals surface area contributed by atoms with E-state index in [-0.39, 0.29) is 0 Å². The van der Waals surface area contributed by atoms with Crippen LogP contribution in [0.3, 0.4) is 0 Å². The summed E-state index contributed by atoms with van der Waals surface area (Å²) in [4.78, 5) is 2.66. The largest absolute Gasteiger partial charge is 0.399 e. The summed E-state index contributed by atoms with van der Waals surface area (Å²) in [6.07, 6.45) is 4.04. The van der Waals surface area contributed by atoms with Crippen LogP contribution in [0.15, 0.2) is 24.3 Å². The van der Waals surface area contributed by atoms with Gasteiger partial charge < -0.3 is 5.73 Å². The Balaban J connectivity index is 2.07. The molecule has 0 spiro atoms. The van der Waals surface area contributed by atoms with E-state index in [1.807, 2.05) is 6.07 Å². The van der Waals surface area contributed by atoms with E-state index in [0.29, 0.717) is 6.04 Å². The maximum Gasteiger partial charge on any atom is 0.0317 e. The molecule has 2 nitrogen and oxygen atoms in total. The molecule has 0 radical (unpaired) electrons. The van der Waals surface area contributed by atoms with E-state index in [4.69, 9.17) is 5.73 Å². The second-order valence-electron chi connectivity index (χ2n) is 6.93. The van der Waals surface area contributed by atoms with Gasteiger partial charge in [-0.2, -0.15) is 0 Å². The third kappa shape index (κ3) is 3.76.